The molecule has 1 fully saturated rings. The smallest absolute Gasteiger partial charge is 0.139 e. The van der Waals surface area contributed by atoms with Crippen molar-refractivity contribution in [2.75, 3.05) is 19.7 Å². The number of halogens is 2. The van der Waals surface area contributed by atoms with E-state index < -0.39 is 5.82 Å². The van der Waals surface area contributed by atoms with Gasteiger partial charge in [-0.05, 0) is 43.6 Å². The van der Waals surface area contributed by atoms with E-state index in [0.29, 0.717) is 23.6 Å². The molecular formula is C15H19ClFNO2. The topological polar surface area (TPSA) is 38.3 Å². The Morgan fingerprint density at radius 1 is 1.40 bits per heavy atom. The van der Waals surface area contributed by atoms with Gasteiger partial charge >= 0.3 is 0 Å². The molecule has 0 amide bonds. The van der Waals surface area contributed by atoms with Crippen molar-refractivity contribution in [2.24, 2.45) is 0 Å². The highest BCUT2D eigenvalue weighted by Crippen LogP contribution is 2.16. The summed E-state index contributed by atoms with van der Waals surface area (Å²) in [6.07, 6.45) is 2.64. The summed E-state index contributed by atoms with van der Waals surface area (Å²) in [5.74, 6) is -0.440. The molecule has 3 nitrogen and oxygen atoms in total. The highest BCUT2D eigenvalue weighted by molar-refractivity contribution is 6.30. The van der Waals surface area contributed by atoms with Gasteiger partial charge in [0.05, 0.1) is 12.7 Å². The zero-order valence-electron chi connectivity index (χ0n) is 11.3. The van der Waals surface area contributed by atoms with Gasteiger partial charge in [-0.25, -0.2) is 4.39 Å². The zero-order valence-corrected chi connectivity index (χ0v) is 12.1. The lowest BCUT2D eigenvalue weighted by Gasteiger charge is -2.22. The standard InChI is InChI=1S/C15H19ClFNO2/c16-12-2-1-11(15(17)10-12)9-13(19)5-8-20-14-3-6-18-7-4-14/h1-2,10,14,18H,3-9H2. The number of benzene rings is 1. The summed E-state index contributed by atoms with van der Waals surface area (Å²) in [7, 11) is 0. The van der Waals surface area contributed by atoms with Crippen LogP contribution in [0.3, 0.4) is 0 Å². The van der Waals surface area contributed by atoms with Crippen LogP contribution in [-0.4, -0.2) is 31.6 Å². The summed E-state index contributed by atoms with van der Waals surface area (Å²) >= 11 is 5.67. The number of hydrogen-bond donors (Lipinski definition) is 1. The number of Topliss-reactive ketones (excluding diaryl/α,β-unsaturated/α-hetero) is 1. The molecule has 0 bridgehead atoms. The molecule has 2 rings (SSSR count). The van der Waals surface area contributed by atoms with E-state index in [-0.39, 0.29) is 18.3 Å². The lowest BCUT2D eigenvalue weighted by Crippen LogP contribution is -2.32. The Kier molecular flexibility index (Phi) is 5.95. The van der Waals surface area contributed by atoms with Gasteiger partial charge < -0.3 is 10.1 Å². The first-order valence-corrected chi connectivity index (χ1v) is 7.31. The van der Waals surface area contributed by atoms with Gasteiger partial charge in [-0.2, -0.15) is 0 Å². The maximum Gasteiger partial charge on any atom is 0.139 e. The van der Waals surface area contributed by atoms with Crippen LogP contribution in [0.5, 0.6) is 0 Å². The van der Waals surface area contributed by atoms with Crippen molar-refractivity contribution in [3.8, 4) is 0 Å². The van der Waals surface area contributed by atoms with Crippen molar-refractivity contribution in [3.63, 3.8) is 0 Å². The molecule has 1 N–H and O–H groups in total. The van der Waals surface area contributed by atoms with Crippen LogP contribution in [-0.2, 0) is 16.0 Å². The predicted molar refractivity (Wildman–Crippen MR) is 76.6 cm³/mol. The number of ketones is 1. The minimum absolute atomic E-state index is 0.0137. The third-order valence-electron chi connectivity index (χ3n) is 3.42. The summed E-state index contributed by atoms with van der Waals surface area (Å²) < 4.78 is 19.2. The van der Waals surface area contributed by atoms with E-state index in [9.17, 15) is 9.18 Å². The Hall–Kier alpha value is -0.970. The van der Waals surface area contributed by atoms with Crippen molar-refractivity contribution in [2.45, 2.75) is 31.8 Å². The fraction of sp³-hybridized carbons (Fsp3) is 0.533. The summed E-state index contributed by atoms with van der Waals surface area (Å²) in [6.45, 7) is 2.35. The Morgan fingerprint density at radius 3 is 2.85 bits per heavy atom. The molecule has 0 saturated carbocycles. The number of ether oxygens (including phenoxy) is 1. The van der Waals surface area contributed by atoms with Crippen molar-refractivity contribution in [3.05, 3.63) is 34.6 Å². The molecule has 1 saturated heterocycles. The summed E-state index contributed by atoms with van der Waals surface area (Å²) in [4.78, 5) is 11.8. The third kappa shape index (κ3) is 4.85. The van der Waals surface area contributed by atoms with E-state index in [1.807, 2.05) is 0 Å². The van der Waals surface area contributed by atoms with Crippen molar-refractivity contribution >= 4 is 17.4 Å². The average Bonchev–Trinajstić information content (AvgIpc) is 2.43. The van der Waals surface area contributed by atoms with Crippen molar-refractivity contribution in [1.29, 1.82) is 0 Å². The molecule has 1 heterocycles. The third-order valence-corrected chi connectivity index (χ3v) is 3.66. The van der Waals surface area contributed by atoms with Gasteiger partial charge in [0.25, 0.3) is 0 Å². The maximum absolute atomic E-state index is 13.5. The van der Waals surface area contributed by atoms with E-state index >= 15 is 0 Å². The number of carbonyl (C=O) groups excluding carboxylic acids is 1. The zero-order chi connectivity index (χ0) is 14.4. The van der Waals surface area contributed by atoms with Gasteiger partial charge in [-0.15, -0.1) is 0 Å². The second-order valence-electron chi connectivity index (χ2n) is 5.02. The summed E-state index contributed by atoms with van der Waals surface area (Å²) in [6, 6.07) is 4.39. The normalized spacial score (nSPS) is 16.3. The Balaban J connectivity index is 1.72. The number of carbonyl (C=O) groups is 1. The fourth-order valence-electron chi connectivity index (χ4n) is 2.27. The molecule has 0 spiro atoms. The molecule has 0 radical (unpaired) electrons. The average molecular weight is 300 g/mol. The molecule has 1 aliphatic rings. The Bertz CT molecular complexity index is 461. The molecule has 0 atom stereocenters. The highest BCUT2D eigenvalue weighted by atomic mass is 35.5. The van der Waals surface area contributed by atoms with Crippen LogP contribution in [0.1, 0.15) is 24.8 Å². The molecule has 110 valence electrons. The molecule has 1 aromatic rings. The minimum atomic E-state index is -0.426. The van der Waals surface area contributed by atoms with Crippen molar-refractivity contribution < 1.29 is 13.9 Å². The number of hydrogen-bond acceptors (Lipinski definition) is 3. The van der Waals surface area contributed by atoms with E-state index in [1.54, 1.807) is 12.1 Å². The molecule has 0 aliphatic carbocycles. The molecule has 0 unspecified atom stereocenters. The quantitative estimate of drug-likeness (QED) is 0.878. The Morgan fingerprint density at radius 2 is 2.15 bits per heavy atom. The molecule has 1 aliphatic heterocycles. The molecular weight excluding hydrogens is 281 g/mol. The van der Waals surface area contributed by atoms with Crippen LogP contribution in [0.25, 0.3) is 0 Å². The van der Waals surface area contributed by atoms with E-state index in [0.717, 1.165) is 25.9 Å². The van der Waals surface area contributed by atoms with Gasteiger partial charge in [-0.1, -0.05) is 17.7 Å². The van der Waals surface area contributed by atoms with Crippen molar-refractivity contribution in [1.82, 2.24) is 5.32 Å². The highest BCUT2D eigenvalue weighted by Gasteiger charge is 2.14. The van der Waals surface area contributed by atoms with E-state index in [1.165, 1.54) is 6.07 Å². The van der Waals surface area contributed by atoms with E-state index in [2.05, 4.69) is 5.32 Å². The second-order valence-corrected chi connectivity index (χ2v) is 5.46. The molecule has 5 heteroatoms. The van der Waals surface area contributed by atoms with E-state index in [4.69, 9.17) is 16.3 Å². The molecule has 20 heavy (non-hydrogen) atoms. The monoisotopic (exact) mass is 299 g/mol. The predicted octanol–water partition coefficient (Wildman–Crippen LogP) is 2.75. The van der Waals surface area contributed by atoms with Gasteiger partial charge in [0, 0.05) is 17.9 Å². The van der Waals surface area contributed by atoms with Crippen LogP contribution in [0.4, 0.5) is 4.39 Å². The SMILES string of the molecule is O=C(CCOC1CCNCC1)Cc1ccc(Cl)cc1F. The maximum atomic E-state index is 13.5. The fourth-order valence-corrected chi connectivity index (χ4v) is 2.43. The first-order chi connectivity index (χ1) is 9.65. The minimum Gasteiger partial charge on any atom is -0.378 e. The van der Waals surface area contributed by atoms with Crippen LogP contribution in [0, 0.1) is 5.82 Å². The molecule has 0 aromatic heterocycles. The van der Waals surface area contributed by atoms with Gasteiger partial charge in [-0.3, -0.25) is 4.79 Å². The second kappa shape index (κ2) is 7.72. The van der Waals surface area contributed by atoms with Crippen LogP contribution in [0.2, 0.25) is 5.02 Å². The largest absolute Gasteiger partial charge is 0.378 e. The first kappa shape index (κ1) is 15.4. The molecule has 1 aromatic carbocycles. The number of rotatable bonds is 6. The number of nitrogens with one attached hydrogen (secondary N) is 1. The van der Waals surface area contributed by atoms with Gasteiger partial charge in [0.1, 0.15) is 11.6 Å². The van der Waals surface area contributed by atoms with Gasteiger partial charge in [0.2, 0.25) is 0 Å². The first-order valence-electron chi connectivity index (χ1n) is 6.93. The van der Waals surface area contributed by atoms with Crippen LogP contribution < -0.4 is 5.32 Å². The summed E-state index contributed by atoms with van der Waals surface area (Å²) in [5, 5.41) is 3.60. The summed E-state index contributed by atoms with van der Waals surface area (Å²) in [5.41, 5.74) is 0.390. The van der Waals surface area contributed by atoms with Crippen LogP contribution in [0.15, 0.2) is 18.2 Å². The Labute approximate surface area is 123 Å². The lowest BCUT2D eigenvalue weighted by atomic mass is 10.1. The number of piperidine rings is 1. The van der Waals surface area contributed by atoms with Crippen LogP contribution >= 0.6 is 11.6 Å². The van der Waals surface area contributed by atoms with Gasteiger partial charge in [0.15, 0.2) is 0 Å². The lowest BCUT2D eigenvalue weighted by molar-refractivity contribution is -0.120.